The van der Waals surface area contributed by atoms with Gasteiger partial charge in [0.1, 0.15) is 12.4 Å². The fourth-order valence-corrected chi connectivity index (χ4v) is 5.82. The van der Waals surface area contributed by atoms with Crippen LogP contribution in [0.3, 0.4) is 0 Å². The molecule has 2 atom stereocenters. The Morgan fingerprint density at radius 1 is 1.07 bits per heavy atom. The number of halogens is 5. The molecule has 0 spiro atoms. The minimum atomic E-state index is -2.69. The molecule has 45 heavy (non-hydrogen) atoms. The minimum Gasteiger partial charge on any atom is -0.323 e. The summed E-state index contributed by atoms with van der Waals surface area (Å²) >= 11 is 12.2. The summed E-state index contributed by atoms with van der Waals surface area (Å²) in [5, 5.41) is 15.1. The van der Waals surface area contributed by atoms with Gasteiger partial charge in [-0.25, -0.2) is 17.9 Å². The van der Waals surface area contributed by atoms with Gasteiger partial charge in [0.05, 0.1) is 41.2 Å². The number of fused-ring (bicyclic) bond motifs is 4. The van der Waals surface area contributed by atoms with Gasteiger partial charge in [0, 0.05) is 46.1 Å². The van der Waals surface area contributed by atoms with E-state index in [2.05, 4.69) is 25.7 Å². The van der Waals surface area contributed by atoms with Gasteiger partial charge in [-0.2, -0.15) is 5.10 Å². The summed E-state index contributed by atoms with van der Waals surface area (Å²) in [6.07, 6.45) is 3.97. The Hall–Kier alpha value is -4.49. The van der Waals surface area contributed by atoms with E-state index in [0.717, 1.165) is 10.9 Å². The molecule has 1 aromatic carbocycles. The zero-order valence-corrected chi connectivity index (χ0v) is 25.2. The van der Waals surface area contributed by atoms with Crippen molar-refractivity contribution in [1.82, 2.24) is 34.3 Å². The summed E-state index contributed by atoms with van der Waals surface area (Å²) in [6.45, 7) is 1.06. The number of hydrogen-bond acceptors (Lipinski definition) is 6. The van der Waals surface area contributed by atoms with Gasteiger partial charge < -0.3 is 9.88 Å². The fourth-order valence-electron chi connectivity index (χ4n) is 5.52. The first-order valence-electron chi connectivity index (χ1n) is 14.0. The average Bonchev–Trinajstić information content (AvgIpc) is 3.61. The van der Waals surface area contributed by atoms with Crippen molar-refractivity contribution >= 4 is 34.8 Å². The lowest BCUT2D eigenvalue weighted by atomic mass is 9.96. The minimum absolute atomic E-state index is 0.0129. The quantitative estimate of drug-likeness (QED) is 0.234. The van der Waals surface area contributed by atoms with Crippen LogP contribution < -0.4 is 10.9 Å². The Morgan fingerprint density at radius 3 is 2.64 bits per heavy atom. The molecule has 4 aromatic heterocycles. The molecule has 5 aromatic rings. The lowest BCUT2D eigenvalue weighted by molar-refractivity contribution is -0.119. The van der Waals surface area contributed by atoms with Crippen LogP contribution in [-0.2, 0) is 11.3 Å². The highest BCUT2D eigenvalue weighted by molar-refractivity contribution is 6.31. The van der Waals surface area contributed by atoms with Gasteiger partial charge in [-0.15, -0.1) is 5.10 Å². The predicted octanol–water partition coefficient (Wildman–Crippen LogP) is 6.41. The third-order valence-electron chi connectivity index (χ3n) is 7.70. The van der Waals surface area contributed by atoms with Crippen molar-refractivity contribution in [2.75, 3.05) is 5.32 Å². The Morgan fingerprint density at radius 2 is 1.89 bits per heavy atom. The van der Waals surface area contributed by atoms with Crippen LogP contribution in [-0.4, -0.2) is 46.7 Å². The normalized spacial score (nSPS) is 17.0. The van der Waals surface area contributed by atoms with Crippen molar-refractivity contribution in [2.24, 2.45) is 5.92 Å². The van der Waals surface area contributed by atoms with E-state index in [1.807, 2.05) is 0 Å². The van der Waals surface area contributed by atoms with Crippen LogP contribution in [0.1, 0.15) is 37.9 Å². The molecule has 0 fully saturated rings. The van der Waals surface area contributed by atoms with E-state index in [4.69, 9.17) is 23.2 Å². The maximum atomic E-state index is 16.0. The lowest BCUT2D eigenvalue weighted by Crippen LogP contribution is -2.27. The number of carbonyl (C=O) groups excluding carboxylic acids is 1. The third-order valence-corrected chi connectivity index (χ3v) is 8.10. The topological polar surface area (TPSA) is 113 Å². The second-order valence-corrected chi connectivity index (χ2v) is 11.5. The molecule has 1 aliphatic rings. The fraction of sp³-hybridized carbons (Fsp3) is 0.267. The summed E-state index contributed by atoms with van der Waals surface area (Å²) in [5.74, 6) is -1.44. The van der Waals surface area contributed by atoms with Crippen molar-refractivity contribution in [2.45, 2.75) is 45.2 Å². The van der Waals surface area contributed by atoms with E-state index in [1.54, 1.807) is 31.2 Å². The van der Waals surface area contributed by atoms with Crippen molar-refractivity contribution in [3.63, 3.8) is 0 Å². The Labute approximate surface area is 264 Å². The van der Waals surface area contributed by atoms with E-state index in [-0.39, 0.29) is 28.0 Å². The molecule has 0 aliphatic carbocycles. The van der Waals surface area contributed by atoms with Crippen molar-refractivity contribution < 1.29 is 18.0 Å². The highest BCUT2D eigenvalue weighted by Crippen LogP contribution is 2.35. The molecule has 1 amide bonds. The SMILES string of the molecule is C[C@@H]1CCC[C@H](n2cc(F)c(-c3cc(Cl)ccc3-n3cc(Cl)nn3)cc2=O)c2cc(ccn2)-c2c(cnn2CC(F)F)NC1=O. The van der Waals surface area contributed by atoms with Gasteiger partial charge in [-0.3, -0.25) is 19.3 Å². The van der Waals surface area contributed by atoms with E-state index in [9.17, 15) is 18.4 Å². The van der Waals surface area contributed by atoms with Crippen molar-refractivity contribution in [1.29, 1.82) is 0 Å². The standard InChI is InChI=1S/C30H25Cl2F3N8O2/c1-16-3-2-4-25(22-9-17(7-8-36-22)29-23(38-30(16)45)12-37-43(29)15-27(34)35)41-13-21(33)19(11-28(41)44)20-10-18(31)5-6-24(20)42-14-26(32)39-40-42/h5-14,16,25,27H,2-4,15H2,1H3,(H,38,45)/t16-,25+/m1/s1. The number of anilines is 1. The van der Waals surface area contributed by atoms with Crippen LogP contribution in [0, 0.1) is 11.7 Å². The molecule has 0 unspecified atom stereocenters. The molecule has 0 radical (unpaired) electrons. The van der Waals surface area contributed by atoms with Crippen molar-refractivity contribution in [3.05, 3.63) is 93.2 Å². The maximum Gasteiger partial charge on any atom is 0.257 e. The second kappa shape index (κ2) is 12.5. The summed E-state index contributed by atoms with van der Waals surface area (Å²) in [6, 6.07) is 8.41. The van der Waals surface area contributed by atoms with E-state index < -0.39 is 36.3 Å². The molecule has 0 saturated carbocycles. The summed E-state index contributed by atoms with van der Waals surface area (Å²) in [4.78, 5) is 31.2. The number of pyridine rings is 2. The molecule has 2 bridgehead atoms. The Bertz CT molecular complexity index is 1960. The smallest absolute Gasteiger partial charge is 0.257 e. The number of alkyl halides is 2. The number of benzene rings is 1. The van der Waals surface area contributed by atoms with Gasteiger partial charge in [-0.1, -0.05) is 41.8 Å². The van der Waals surface area contributed by atoms with Gasteiger partial charge >= 0.3 is 0 Å². The molecule has 10 nitrogen and oxygen atoms in total. The summed E-state index contributed by atoms with van der Waals surface area (Å²) in [7, 11) is 0. The maximum absolute atomic E-state index is 16.0. The van der Waals surface area contributed by atoms with Crippen LogP contribution in [0.25, 0.3) is 28.1 Å². The third kappa shape index (κ3) is 6.22. The van der Waals surface area contributed by atoms with Gasteiger partial charge in [0.2, 0.25) is 5.91 Å². The number of hydrogen-bond donors (Lipinski definition) is 1. The van der Waals surface area contributed by atoms with E-state index in [0.29, 0.717) is 46.8 Å². The molecule has 1 N–H and O–H groups in total. The van der Waals surface area contributed by atoms with Gasteiger partial charge in [-0.05, 0) is 43.2 Å². The number of nitrogens with zero attached hydrogens (tertiary/aromatic N) is 7. The molecule has 232 valence electrons. The number of rotatable bonds is 5. The molecule has 6 rings (SSSR count). The van der Waals surface area contributed by atoms with Gasteiger partial charge in [0.15, 0.2) is 5.15 Å². The van der Waals surface area contributed by atoms with Crippen LogP contribution in [0.2, 0.25) is 10.2 Å². The van der Waals surface area contributed by atoms with Crippen molar-refractivity contribution in [3.8, 4) is 28.1 Å². The first-order valence-corrected chi connectivity index (χ1v) is 14.8. The van der Waals surface area contributed by atoms with Crippen LogP contribution in [0.5, 0.6) is 0 Å². The first-order chi connectivity index (χ1) is 21.6. The molecular weight excluding hydrogens is 632 g/mol. The van der Waals surface area contributed by atoms with Gasteiger partial charge in [0.25, 0.3) is 12.0 Å². The highest BCUT2D eigenvalue weighted by atomic mass is 35.5. The monoisotopic (exact) mass is 656 g/mol. The Balaban J connectivity index is 1.47. The second-order valence-electron chi connectivity index (χ2n) is 10.7. The van der Waals surface area contributed by atoms with Crippen LogP contribution >= 0.6 is 23.2 Å². The lowest BCUT2D eigenvalue weighted by Gasteiger charge is -2.23. The number of nitrogens with one attached hydrogen (secondary N) is 1. The summed E-state index contributed by atoms with van der Waals surface area (Å²) in [5.41, 5.74) is 1.58. The zero-order chi connectivity index (χ0) is 31.8. The average molecular weight is 657 g/mol. The Kier molecular flexibility index (Phi) is 8.47. The first kappa shape index (κ1) is 30.5. The highest BCUT2D eigenvalue weighted by Gasteiger charge is 2.26. The largest absolute Gasteiger partial charge is 0.323 e. The van der Waals surface area contributed by atoms with E-state index in [1.165, 1.54) is 40.0 Å². The number of carbonyl (C=O) groups is 1. The molecule has 5 heterocycles. The van der Waals surface area contributed by atoms with Crippen LogP contribution in [0.15, 0.2) is 66.0 Å². The molecule has 15 heteroatoms. The van der Waals surface area contributed by atoms with Crippen LogP contribution in [0.4, 0.5) is 18.9 Å². The predicted molar refractivity (Wildman–Crippen MR) is 162 cm³/mol. The molecular formula is C30H25Cl2F3N8O2. The number of aromatic nitrogens is 7. The molecule has 1 aliphatic heterocycles. The molecule has 0 saturated heterocycles. The zero-order valence-electron chi connectivity index (χ0n) is 23.7. The summed E-state index contributed by atoms with van der Waals surface area (Å²) < 4.78 is 46.6. The number of amides is 1. The van der Waals surface area contributed by atoms with E-state index >= 15 is 4.39 Å².